The topological polar surface area (TPSA) is 44.4 Å². The number of carbonyl (C=O) groups excluding carboxylic acids is 1. The van der Waals surface area contributed by atoms with Crippen molar-refractivity contribution in [2.75, 3.05) is 37.2 Å². The smallest absolute Gasteiger partial charge is 0.238 e. The second kappa shape index (κ2) is 8.22. The summed E-state index contributed by atoms with van der Waals surface area (Å²) in [5.41, 5.74) is 0.886. The number of hydrogen-bond donors (Lipinski definition) is 2. The van der Waals surface area contributed by atoms with Gasteiger partial charge in [-0.25, -0.2) is 0 Å². The largest absolute Gasteiger partial charge is 0.324 e. The van der Waals surface area contributed by atoms with E-state index < -0.39 is 0 Å². The second-order valence-electron chi connectivity index (χ2n) is 5.17. The van der Waals surface area contributed by atoms with Crippen LogP contribution in [0.4, 0.5) is 5.69 Å². The summed E-state index contributed by atoms with van der Waals surface area (Å²) in [6, 6.07) is 8.30. The van der Waals surface area contributed by atoms with Crippen LogP contribution in [0.15, 0.2) is 41.8 Å². The van der Waals surface area contributed by atoms with Crippen molar-refractivity contribution in [1.82, 2.24) is 10.2 Å². The van der Waals surface area contributed by atoms with Gasteiger partial charge in [0.25, 0.3) is 0 Å². The summed E-state index contributed by atoms with van der Waals surface area (Å²) in [4.78, 5) is 15.5. The predicted octanol–water partition coefficient (Wildman–Crippen LogP) is 2.20. The van der Waals surface area contributed by atoms with Crippen LogP contribution >= 0.6 is 11.8 Å². The fourth-order valence-electron chi connectivity index (χ4n) is 2.34. The normalized spacial score (nSPS) is 19.2. The molecule has 1 saturated heterocycles. The molecular formula is C16H23N3OS. The maximum absolute atomic E-state index is 12.2. The molecule has 0 aliphatic carbocycles. The third kappa shape index (κ3) is 4.88. The van der Waals surface area contributed by atoms with Gasteiger partial charge in [-0.05, 0) is 19.1 Å². The predicted molar refractivity (Wildman–Crippen MR) is 89.9 cm³/mol. The zero-order chi connectivity index (χ0) is 15.1. The van der Waals surface area contributed by atoms with Crippen molar-refractivity contribution in [2.24, 2.45) is 0 Å². The Morgan fingerprint density at radius 3 is 3.14 bits per heavy atom. The highest BCUT2D eigenvalue weighted by Gasteiger charge is 2.20. The number of benzene rings is 1. The van der Waals surface area contributed by atoms with Crippen LogP contribution in [-0.2, 0) is 4.79 Å². The Balaban J connectivity index is 1.94. The van der Waals surface area contributed by atoms with Crippen LogP contribution in [0.25, 0.3) is 0 Å². The van der Waals surface area contributed by atoms with Crippen LogP contribution in [0, 0.1) is 0 Å². The van der Waals surface area contributed by atoms with Crippen LogP contribution in [0.5, 0.6) is 0 Å². The van der Waals surface area contributed by atoms with Gasteiger partial charge in [0, 0.05) is 36.3 Å². The number of amides is 1. The third-order valence-electron chi connectivity index (χ3n) is 3.50. The van der Waals surface area contributed by atoms with E-state index in [9.17, 15) is 4.79 Å². The molecule has 2 N–H and O–H groups in total. The number of nitrogens with zero attached hydrogens (tertiary/aromatic N) is 1. The lowest BCUT2D eigenvalue weighted by Gasteiger charge is -2.33. The lowest BCUT2D eigenvalue weighted by atomic mass is 10.2. The molecule has 1 atom stereocenters. The first kappa shape index (κ1) is 16.1. The zero-order valence-corrected chi connectivity index (χ0v) is 13.3. The standard InChI is InChI=1S/C16H23N3OS/c1-3-10-21-15-7-5-4-6-14(15)18-16(20)12-19-9-8-17-11-13(19)2/h3-7,13,17H,1,8-12H2,2H3,(H,18,20)/t13-/m0/s1. The fourth-order valence-corrected chi connectivity index (χ4v) is 3.08. The number of anilines is 1. The van der Waals surface area contributed by atoms with Gasteiger partial charge in [-0.15, -0.1) is 18.3 Å². The molecule has 114 valence electrons. The molecular weight excluding hydrogens is 282 g/mol. The Labute approximate surface area is 131 Å². The van der Waals surface area contributed by atoms with E-state index in [0.29, 0.717) is 12.6 Å². The van der Waals surface area contributed by atoms with E-state index >= 15 is 0 Å². The molecule has 1 aliphatic rings. The van der Waals surface area contributed by atoms with Gasteiger partial charge in [0.15, 0.2) is 0 Å². The van der Waals surface area contributed by atoms with E-state index in [1.807, 2.05) is 30.3 Å². The van der Waals surface area contributed by atoms with Crippen molar-refractivity contribution < 1.29 is 4.79 Å². The fraction of sp³-hybridized carbons (Fsp3) is 0.438. The minimum atomic E-state index is 0.0513. The highest BCUT2D eigenvalue weighted by Crippen LogP contribution is 2.26. The Hall–Kier alpha value is -1.30. The highest BCUT2D eigenvalue weighted by atomic mass is 32.2. The zero-order valence-electron chi connectivity index (χ0n) is 12.5. The summed E-state index contributed by atoms with van der Waals surface area (Å²) >= 11 is 1.68. The summed E-state index contributed by atoms with van der Waals surface area (Å²) in [7, 11) is 0. The summed E-state index contributed by atoms with van der Waals surface area (Å²) in [5.74, 6) is 0.886. The molecule has 0 unspecified atom stereocenters. The maximum Gasteiger partial charge on any atom is 0.238 e. The highest BCUT2D eigenvalue weighted by molar-refractivity contribution is 7.99. The summed E-state index contributed by atoms with van der Waals surface area (Å²) in [6.45, 7) is 9.13. The molecule has 1 aromatic carbocycles. The molecule has 1 fully saturated rings. The number of hydrogen-bond acceptors (Lipinski definition) is 4. The minimum Gasteiger partial charge on any atom is -0.324 e. The van der Waals surface area contributed by atoms with Crippen molar-refractivity contribution >= 4 is 23.4 Å². The van der Waals surface area contributed by atoms with Crippen LogP contribution in [0.2, 0.25) is 0 Å². The molecule has 0 saturated carbocycles. The molecule has 0 bridgehead atoms. The Bertz CT molecular complexity index is 492. The molecule has 4 nitrogen and oxygen atoms in total. The maximum atomic E-state index is 12.2. The lowest BCUT2D eigenvalue weighted by molar-refractivity contribution is -0.118. The summed E-state index contributed by atoms with van der Waals surface area (Å²) in [6.07, 6.45) is 1.87. The average molecular weight is 305 g/mol. The second-order valence-corrected chi connectivity index (χ2v) is 6.23. The Morgan fingerprint density at radius 2 is 2.38 bits per heavy atom. The van der Waals surface area contributed by atoms with Crippen LogP contribution in [0.3, 0.4) is 0 Å². The van der Waals surface area contributed by atoms with Crippen molar-refractivity contribution in [2.45, 2.75) is 17.9 Å². The van der Waals surface area contributed by atoms with Gasteiger partial charge >= 0.3 is 0 Å². The number of carbonyl (C=O) groups is 1. The molecule has 5 heteroatoms. The molecule has 21 heavy (non-hydrogen) atoms. The Morgan fingerprint density at radius 1 is 1.57 bits per heavy atom. The first-order chi connectivity index (χ1) is 10.2. The van der Waals surface area contributed by atoms with E-state index in [4.69, 9.17) is 0 Å². The minimum absolute atomic E-state index is 0.0513. The van der Waals surface area contributed by atoms with E-state index in [-0.39, 0.29) is 5.91 Å². The van der Waals surface area contributed by atoms with Crippen LogP contribution < -0.4 is 10.6 Å². The molecule has 1 amide bonds. The summed E-state index contributed by atoms with van der Waals surface area (Å²) in [5, 5.41) is 6.36. The Kier molecular flexibility index (Phi) is 6.29. The molecule has 2 rings (SSSR count). The van der Waals surface area contributed by atoms with Gasteiger partial charge in [0.1, 0.15) is 0 Å². The monoisotopic (exact) mass is 305 g/mol. The SMILES string of the molecule is C=CCSc1ccccc1NC(=O)CN1CCNC[C@@H]1C. The molecule has 1 aromatic rings. The van der Waals surface area contributed by atoms with E-state index in [2.05, 4.69) is 29.0 Å². The molecule has 0 aromatic heterocycles. The van der Waals surface area contributed by atoms with Crippen LogP contribution in [0.1, 0.15) is 6.92 Å². The van der Waals surface area contributed by atoms with Crippen molar-refractivity contribution in [3.05, 3.63) is 36.9 Å². The van der Waals surface area contributed by atoms with Gasteiger partial charge in [-0.1, -0.05) is 18.2 Å². The molecule has 0 radical (unpaired) electrons. The van der Waals surface area contributed by atoms with Crippen LogP contribution in [-0.4, -0.2) is 48.8 Å². The summed E-state index contributed by atoms with van der Waals surface area (Å²) < 4.78 is 0. The van der Waals surface area contributed by atoms with Gasteiger partial charge in [0.2, 0.25) is 5.91 Å². The van der Waals surface area contributed by atoms with Gasteiger partial charge in [-0.3, -0.25) is 9.69 Å². The number of rotatable bonds is 6. The van der Waals surface area contributed by atoms with E-state index in [1.165, 1.54) is 0 Å². The van der Waals surface area contributed by atoms with Gasteiger partial charge in [-0.2, -0.15) is 0 Å². The average Bonchev–Trinajstić information content (AvgIpc) is 2.49. The quantitative estimate of drug-likeness (QED) is 0.625. The van der Waals surface area contributed by atoms with Crippen molar-refractivity contribution in [1.29, 1.82) is 0 Å². The first-order valence-electron chi connectivity index (χ1n) is 7.28. The van der Waals surface area contributed by atoms with Gasteiger partial charge in [0.05, 0.1) is 12.2 Å². The number of nitrogens with one attached hydrogen (secondary N) is 2. The first-order valence-corrected chi connectivity index (χ1v) is 8.26. The number of para-hydroxylation sites is 1. The molecule has 0 spiro atoms. The van der Waals surface area contributed by atoms with Crippen molar-refractivity contribution in [3.8, 4) is 0 Å². The molecule has 1 aliphatic heterocycles. The van der Waals surface area contributed by atoms with Gasteiger partial charge < -0.3 is 10.6 Å². The molecule has 1 heterocycles. The number of thioether (sulfide) groups is 1. The van der Waals surface area contributed by atoms with E-state index in [0.717, 1.165) is 36.0 Å². The van der Waals surface area contributed by atoms with E-state index in [1.54, 1.807) is 11.8 Å². The van der Waals surface area contributed by atoms with Crippen molar-refractivity contribution in [3.63, 3.8) is 0 Å². The third-order valence-corrected chi connectivity index (χ3v) is 4.57. The lowest BCUT2D eigenvalue weighted by Crippen LogP contribution is -2.52. The number of piperazine rings is 1.